The Morgan fingerprint density at radius 1 is 0.595 bits per heavy atom. The first-order valence-electron chi connectivity index (χ1n) is 12.0. The number of hydrogen-bond acceptors (Lipinski definition) is 4. The third-order valence-electron chi connectivity index (χ3n) is 6.81. The zero-order chi connectivity index (χ0) is 24.8. The van der Waals surface area contributed by atoms with Crippen LogP contribution in [0.5, 0.6) is 0 Å². The van der Waals surface area contributed by atoms with Crippen LogP contribution in [0.3, 0.4) is 0 Å². The van der Waals surface area contributed by atoms with Crippen LogP contribution in [0, 0.1) is 11.3 Å². The Balaban J connectivity index is 1.35. The van der Waals surface area contributed by atoms with Gasteiger partial charge in [-0.2, -0.15) is 5.26 Å². The number of furan rings is 1. The van der Waals surface area contributed by atoms with Crippen molar-refractivity contribution in [2.45, 2.75) is 0 Å². The summed E-state index contributed by atoms with van der Waals surface area (Å²) in [6.07, 6.45) is 3.47. The van der Waals surface area contributed by atoms with Gasteiger partial charge in [0.05, 0.1) is 23.0 Å². The van der Waals surface area contributed by atoms with Gasteiger partial charge in [-0.1, -0.05) is 66.7 Å². The molecule has 4 heteroatoms. The lowest BCUT2D eigenvalue weighted by Gasteiger charge is -2.08. The lowest BCUT2D eigenvalue weighted by Crippen LogP contribution is -1.89. The highest BCUT2D eigenvalue weighted by atomic mass is 16.3. The molecule has 0 aliphatic rings. The second-order valence-corrected chi connectivity index (χ2v) is 9.00. The first kappa shape index (κ1) is 21.0. The van der Waals surface area contributed by atoms with E-state index in [4.69, 9.17) is 9.68 Å². The predicted octanol–water partition coefficient (Wildman–Crippen LogP) is 8.40. The molecule has 0 unspecified atom stereocenters. The molecule has 0 aliphatic carbocycles. The van der Waals surface area contributed by atoms with Gasteiger partial charge in [-0.15, -0.1) is 0 Å². The summed E-state index contributed by atoms with van der Waals surface area (Å²) in [5.41, 5.74) is 8.03. The normalized spacial score (nSPS) is 11.2. The van der Waals surface area contributed by atoms with E-state index >= 15 is 0 Å². The van der Waals surface area contributed by atoms with Gasteiger partial charge in [0, 0.05) is 28.7 Å². The van der Waals surface area contributed by atoms with Crippen molar-refractivity contribution in [1.29, 1.82) is 5.26 Å². The third-order valence-corrected chi connectivity index (χ3v) is 6.81. The van der Waals surface area contributed by atoms with Crippen molar-refractivity contribution < 1.29 is 4.42 Å². The van der Waals surface area contributed by atoms with Crippen molar-refractivity contribution in [3.8, 4) is 39.7 Å². The van der Waals surface area contributed by atoms with E-state index in [0.717, 1.165) is 44.3 Å². The lowest BCUT2D eigenvalue weighted by molar-refractivity contribution is 0.669. The SMILES string of the molecule is N#Cc1ccnc(-c2ccc(-c3ccc4c(c3)oc3cc(-c5ccccc5)c5ccccc5c34)cn2)c1. The topological polar surface area (TPSA) is 62.7 Å². The van der Waals surface area contributed by atoms with Crippen LogP contribution >= 0.6 is 0 Å². The molecular formula is C33H19N3O. The number of nitrogens with zero attached hydrogens (tertiary/aromatic N) is 3. The number of fused-ring (bicyclic) bond motifs is 5. The van der Waals surface area contributed by atoms with Gasteiger partial charge in [0.15, 0.2) is 0 Å². The summed E-state index contributed by atoms with van der Waals surface area (Å²) < 4.78 is 6.44. The third kappa shape index (κ3) is 3.53. The molecule has 0 fully saturated rings. The minimum absolute atomic E-state index is 0.564. The summed E-state index contributed by atoms with van der Waals surface area (Å²) in [5, 5.41) is 13.8. The number of hydrogen-bond donors (Lipinski definition) is 0. The zero-order valence-corrected chi connectivity index (χ0v) is 19.7. The summed E-state index contributed by atoms with van der Waals surface area (Å²) in [5.74, 6) is 0. The molecule has 7 rings (SSSR count). The Labute approximate surface area is 213 Å². The summed E-state index contributed by atoms with van der Waals surface area (Å²) in [6, 6.07) is 37.0. The fraction of sp³-hybridized carbons (Fsp3) is 0. The van der Waals surface area contributed by atoms with Gasteiger partial charge in [0.2, 0.25) is 0 Å². The molecule has 4 nitrogen and oxygen atoms in total. The largest absolute Gasteiger partial charge is 0.456 e. The molecule has 0 radical (unpaired) electrons. The zero-order valence-electron chi connectivity index (χ0n) is 19.7. The minimum Gasteiger partial charge on any atom is -0.456 e. The van der Waals surface area contributed by atoms with E-state index in [1.54, 1.807) is 18.3 Å². The molecule has 7 aromatic rings. The van der Waals surface area contributed by atoms with Crippen LogP contribution in [0.4, 0.5) is 0 Å². The Bertz CT molecular complexity index is 1980. The number of nitriles is 1. The fourth-order valence-electron chi connectivity index (χ4n) is 5.03. The summed E-state index contributed by atoms with van der Waals surface area (Å²) >= 11 is 0. The Hall–Kier alpha value is -5.27. The maximum absolute atomic E-state index is 9.17. The Morgan fingerprint density at radius 2 is 1.41 bits per heavy atom. The molecule has 0 saturated carbocycles. The minimum atomic E-state index is 0.564. The number of benzene rings is 4. The fourth-order valence-corrected chi connectivity index (χ4v) is 5.03. The molecular weight excluding hydrogens is 454 g/mol. The summed E-state index contributed by atoms with van der Waals surface area (Å²) in [7, 11) is 0. The number of pyridine rings is 2. The van der Waals surface area contributed by atoms with Crippen molar-refractivity contribution in [3.63, 3.8) is 0 Å². The standard InChI is InChI=1S/C33H19N3O/c34-19-21-14-15-35-30(16-21)29-13-11-24(20-36-29)23-10-12-27-31(17-23)37-32-18-28(22-6-2-1-3-7-22)25-8-4-5-9-26(25)33(27)32/h1-18,20H. The number of aromatic nitrogens is 2. The molecule has 3 heterocycles. The van der Waals surface area contributed by atoms with Crippen LogP contribution in [0.15, 0.2) is 120 Å². The second-order valence-electron chi connectivity index (χ2n) is 9.00. The molecule has 37 heavy (non-hydrogen) atoms. The maximum Gasteiger partial charge on any atom is 0.136 e. The maximum atomic E-state index is 9.17. The van der Waals surface area contributed by atoms with Crippen molar-refractivity contribution in [3.05, 3.63) is 121 Å². The first-order valence-corrected chi connectivity index (χ1v) is 12.0. The lowest BCUT2D eigenvalue weighted by atomic mass is 9.94. The molecule has 0 aliphatic heterocycles. The highest BCUT2D eigenvalue weighted by Gasteiger charge is 2.15. The van der Waals surface area contributed by atoms with Crippen LogP contribution in [0.1, 0.15) is 5.56 Å². The highest BCUT2D eigenvalue weighted by molar-refractivity contribution is 6.22. The smallest absolute Gasteiger partial charge is 0.136 e. The average Bonchev–Trinajstić information content (AvgIpc) is 3.35. The summed E-state index contributed by atoms with van der Waals surface area (Å²) in [6.45, 7) is 0. The van der Waals surface area contributed by atoms with Crippen LogP contribution in [0.25, 0.3) is 66.4 Å². The molecule has 0 amide bonds. The van der Waals surface area contributed by atoms with Gasteiger partial charge < -0.3 is 4.42 Å². The van der Waals surface area contributed by atoms with Crippen molar-refractivity contribution in [2.24, 2.45) is 0 Å². The van der Waals surface area contributed by atoms with Gasteiger partial charge in [-0.3, -0.25) is 9.97 Å². The van der Waals surface area contributed by atoms with E-state index in [2.05, 4.69) is 88.8 Å². The van der Waals surface area contributed by atoms with E-state index in [1.807, 2.05) is 24.4 Å². The van der Waals surface area contributed by atoms with Crippen molar-refractivity contribution in [1.82, 2.24) is 9.97 Å². The Morgan fingerprint density at radius 3 is 2.22 bits per heavy atom. The van der Waals surface area contributed by atoms with E-state index in [1.165, 1.54) is 16.3 Å². The summed E-state index contributed by atoms with van der Waals surface area (Å²) in [4.78, 5) is 8.96. The van der Waals surface area contributed by atoms with Crippen LogP contribution in [-0.4, -0.2) is 9.97 Å². The quantitative estimate of drug-likeness (QED) is 0.258. The highest BCUT2D eigenvalue weighted by Crippen LogP contribution is 2.40. The van der Waals surface area contributed by atoms with E-state index in [9.17, 15) is 0 Å². The van der Waals surface area contributed by atoms with Gasteiger partial charge in [0.25, 0.3) is 0 Å². The monoisotopic (exact) mass is 473 g/mol. The molecule has 0 saturated heterocycles. The van der Waals surface area contributed by atoms with E-state index < -0.39 is 0 Å². The predicted molar refractivity (Wildman–Crippen MR) is 148 cm³/mol. The number of rotatable bonds is 3. The molecule has 0 N–H and O–H groups in total. The first-order chi connectivity index (χ1) is 18.3. The molecule has 172 valence electrons. The van der Waals surface area contributed by atoms with Gasteiger partial charge >= 0.3 is 0 Å². The van der Waals surface area contributed by atoms with Crippen LogP contribution in [0.2, 0.25) is 0 Å². The van der Waals surface area contributed by atoms with E-state index in [-0.39, 0.29) is 0 Å². The van der Waals surface area contributed by atoms with Gasteiger partial charge in [-0.25, -0.2) is 0 Å². The molecule has 0 atom stereocenters. The van der Waals surface area contributed by atoms with Crippen LogP contribution in [-0.2, 0) is 0 Å². The molecule has 4 aromatic carbocycles. The van der Waals surface area contributed by atoms with Gasteiger partial charge in [-0.05, 0) is 63.9 Å². The second kappa shape index (κ2) is 8.44. The van der Waals surface area contributed by atoms with E-state index in [0.29, 0.717) is 11.3 Å². The molecule has 0 spiro atoms. The van der Waals surface area contributed by atoms with Crippen molar-refractivity contribution in [2.75, 3.05) is 0 Å². The van der Waals surface area contributed by atoms with Crippen LogP contribution < -0.4 is 0 Å². The van der Waals surface area contributed by atoms with Gasteiger partial charge in [0.1, 0.15) is 11.2 Å². The Kier molecular flexibility index (Phi) is 4.80. The molecule has 0 bridgehead atoms. The molecule has 3 aromatic heterocycles. The van der Waals surface area contributed by atoms with Crippen molar-refractivity contribution >= 4 is 32.7 Å². The average molecular weight is 474 g/mol.